The highest BCUT2D eigenvalue weighted by molar-refractivity contribution is 5.90. The number of hydroxylamine groups is 2. The molecule has 4 rings (SSSR count). The molecule has 15 heteroatoms. The van der Waals surface area contributed by atoms with Crippen molar-refractivity contribution in [3.63, 3.8) is 0 Å². The summed E-state index contributed by atoms with van der Waals surface area (Å²) < 4.78 is 104. The minimum absolute atomic E-state index is 0.0559. The summed E-state index contributed by atoms with van der Waals surface area (Å²) in [6.07, 6.45) is -9.27. The highest BCUT2D eigenvalue weighted by atomic mass is 19.4. The van der Waals surface area contributed by atoms with E-state index in [1.807, 2.05) is 29.4 Å². The Morgan fingerprint density at radius 3 is 2.31 bits per heavy atom. The summed E-state index contributed by atoms with van der Waals surface area (Å²) in [5, 5.41) is 2.14. The molecule has 1 saturated carbocycles. The lowest BCUT2D eigenvalue weighted by Gasteiger charge is -2.46. The van der Waals surface area contributed by atoms with Crippen molar-refractivity contribution in [3.8, 4) is 11.5 Å². The number of carbonyl (C=O) groups excluding carboxylic acids is 2. The third-order valence-electron chi connectivity index (χ3n) is 7.88. The minimum atomic E-state index is -5.47. The summed E-state index contributed by atoms with van der Waals surface area (Å²) in [4.78, 5) is 31.4. The van der Waals surface area contributed by atoms with Crippen LogP contribution in [-0.4, -0.2) is 68.0 Å². The highest BCUT2D eigenvalue weighted by Gasteiger charge is 2.53. The second-order valence-electron chi connectivity index (χ2n) is 10.3. The van der Waals surface area contributed by atoms with E-state index >= 15 is 0 Å². The van der Waals surface area contributed by atoms with E-state index in [1.165, 1.54) is 14.2 Å². The van der Waals surface area contributed by atoms with E-state index in [9.17, 15) is 40.3 Å². The number of alkyl halides is 6. The summed E-state index contributed by atoms with van der Waals surface area (Å²) in [6, 6.07) is 3.71. The van der Waals surface area contributed by atoms with Gasteiger partial charge in [-0.2, -0.15) is 26.3 Å². The van der Waals surface area contributed by atoms with E-state index in [0.717, 1.165) is 5.56 Å². The van der Waals surface area contributed by atoms with E-state index in [0.29, 0.717) is 43.0 Å². The van der Waals surface area contributed by atoms with Gasteiger partial charge in [-0.25, -0.2) is 14.0 Å². The smallest absolute Gasteiger partial charge is 0.493 e. The number of hydrogen-bond acceptors (Lipinski definition) is 6. The lowest BCUT2D eigenvalue weighted by atomic mass is 9.65. The van der Waals surface area contributed by atoms with Gasteiger partial charge in [0.1, 0.15) is 5.82 Å². The maximum atomic E-state index is 13.9. The molecule has 1 heterocycles. The summed E-state index contributed by atoms with van der Waals surface area (Å²) >= 11 is 0. The van der Waals surface area contributed by atoms with Crippen LogP contribution in [0.2, 0.25) is 0 Å². The van der Waals surface area contributed by atoms with Crippen LogP contribution in [0.3, 0.4) is 0 Å². The van der Waals surface area contributed by atoms with Crippen molar-refractivity contribution < 1.29 is 54.6 Å². The number of hydrogen-bond donors (Lipinski definition) is 1. The lowest BCUT2D eigenvalue weighted by molar-refractivity contribution is -0.235. The monoisotopic (exact) mass is 607 g/mol. The molecule has 1 aliphatic carbocycles. The van der Waals surface area contributed by atoms with Gasteiger partial charge in [-0.05, 0) is 75.2 Å². The van der Waals surface area contributed by atoms with E-state index in [4.69, 9.17) is 9.47 Å². The third kappa shape index (κ3) is 6.20. The summed E-state index contributed by atoms with van der Waals surface area (Å²) in [5.74, 6) is -3.05. The van der Waals surface area contributed by atoms with Crippen molar-refractivity contribution in [1.29, 1.82) is 0 Å². The van der Waals surface area contributed by atoms with E-state index in [-0.39, 0.29) is 30.0 Å². The standard InChI is InChI=1S/C27H28F7N3O5/c1-36-9-8-25(15-4-5-20(40-2)21(12-15)41-3)7-6-19(14-22(25)36)37(42-23(38)27(32,33)34)24(39)35-18-11-16(26(29,30)31)10-17(28)13-18/h4-5,10-13,19,22H,6-9,14H2,1-3H3,(H,35,39)/t19-,22+,25+/m0/s1. The van der Waals surface area contributed by atoms with E-state index < -0.39 is 52.9 Å². The zero-order valence-corrected chi connectivity index (χ0v) is 22.7. The number of halogens is 7. The van der Waals surface area contributed by atoms with Crippen molar-refractivity contribution in [2.24, 2.45) is 0 Å². The quantitative estimate of drug-likeness (QED) is 0.337. The zero-order valence-electron chi connectivity index (χ0n) is 22.7. The number of methoxy groups -OCH3 is 2. The summed E-state index contributed by atoms with van der Waals surface area (Å²) in [5.41, 5.74) is -1.73. The molecule has 2 fully saturated rings. The van der Waals surface area contributed by atoms with Crippen LogP contribution in [0.1, 0.15) is 36.8 Å². The Morgan fingerprint density at radius 1 is 1.00 bits per heavy atom. The van der Waals surface area contributed by atoms with Gasteiger partial charge in [-0.15, -0.1) is 5.06 Å². The number of ether oxygens (including phenoxy) is 2. The molecule has 0 unspecified atom stereocenters. The van der Waals surface area contributed by atoms with Gasteiger partial charge in [0.05, 0.1) is 25.8 Å². The molecule has 2 aromatic carbocycles. The Balaban J connectivity index is 1.65. The Bertz CT molecular complexity index is 1340. The average Bonchev–Trinajstić information content (AvgIpc) is 3.26. The summed E-state index contributed by atoms with van der Waals surface area (Å²) in [7, 11) is 4.78. The molecule has 2 aromatic rings. The Kier molecular flexibility index (Phi) is 8.54. The Hall–Kier alpha value is -3.75. The van der Waals surface area contributed by atoms with Crippen molar-refractivity contribution in [2.45, 2.75) is 55.5 Å². The van der Waals surface area contributed by atoms with Crippen molar-refractivity contribution in [1.82, 2.24) is 9.96 Å². The average molecular weight is 608 g/mol. The van der Waals surface area contributed by atoms with Gasteiger partial charge in [0.15, 0.2) is 11.5 Å². The molecule has 0 spiro atoms. The first-order chi connectivity index (χ1) is 19.6. The molecule has 1 saturated heterocycles. The molecule has 42 heavy (non-hydrogen) atoms. The van der Waals surface area contributed by atoms with Crippen LogP contribution in [0.15, 0.2) is 36.4 Å². The number of anilines is 1. The SMILES string of the molecule is COc1ccc([C@]23CC[C@H](N(OC(=O)C(F)(F)F)C(=O)Nc4cc(F)cc(C(F)(F)F)c4)C[C@H]2N(C)CC3)cc1OC. The number of carbonyl (C=O) groups is 2. The molecular weight excluding hydrogens is 579 g/mol. The first-order valence-electron chi connectivity index (χ1n) is 12.8. The van der Waals surface area contributed by atoms with E-state index in [1.54, 1.807) is 6.07 Å². The number of amides is 2. The highest BCUT2D eigenvalue weighted by Crippen LogP contribution is 2.50. The van der Waals surface area contributed by atoms with Gasteiger partial charge in [0.2, 0.25) is 0 Å². The predicted octanol–water partition coefficient (Wildman–Crippen LogP) is 5.91. The van der Waals surface area contributed by atoms with Gasteiger partial charge in [-0.1, -0.05) is 6.07 Å². The fourth-order valence-corrected chi connectivity index (χ4v) is 5.88. The van der Waals surface area contributed by atoms with Crippen LogP contribution in [0, 0.1) is 5.82 Å². The molecule has 2 aliphatic rings. The molecule has 2 amide bonds. The fourth-order valence-electron chi connectivity index (χ4n) is 5.88. The van der Waals surface area contributed by atoms with Crippen LogP contribution >= 0.6 is 0 Å². The zero-order chi connectivity index (χ0) is 31.0. The number of benzene rings is 2. The van der Waals surface area contributed by atoms with Gasteiger partial charge in [-0.3, -0.25) is 0 Å². The second kappa shape index (κ2) is 11.5. The van der Waals surface area contributed by atoms with Crippen molar-refractivity contribution >= 4 is 17.7 Å². The molecule has 1 N–H and O–H groups in total. The Morgan fingerprint density at radius 2 is 1.69 bits per heavy atom. The number of urea groups is 1. The first-order valence-corrected chi connectivity index (χ1v) is 12.8. The lowest BCUT2D eigenvalue weighted by Crippen LogP contribution is -2.54. The number of nitrogens with zero attached hydrogens (tertiary/aromatic N) is 2. The van der Waals surface area contributed by atoms with E-state index in [2.05, 4.69) is 4.84 Å². The van der Waals surface area contributed by atoms with Crippen LogP contribution in [0.5, 0.6) is 11.5 Å². The number of rotatable bonds is 5. The van der Waals surface area contributed by atoms with Crippen LogP contribution < -0.4 is 14.8 Å². The molecule has 0 radical (unpaired) electrons. The Labute approximate surface area is 236 Å². The second-order valence-corrected chi connectivity index (χ2v) is 10.3. The van der Waals surface area contributed by atoms with Crippen LogP contribution in [-0.2, 0) is 21.2 Å². The molecule has 0 aromatic heterocycles. The maximum absolute atomic E-state index is 13.9. The molecule has 230 valence electrons. The number of nitrogens with one attached hydrogen (secondary N) is 1. The number of fused-ring (bicyclic) bond motifs is 1. The van der Waals surface area contributed by atoms with Gasteiger partial charge in [0.25, 0.3) is 0 Å². The third-order valence-corrected chi connectivity index (χ3v) is 7.88. The van der Waals surface area contributed by atoms with Gasteiger partial charge < -0.3 is 24.5 Å². The van der Waals surface area contributed by atoms with Crippen LogP contribution in [0.4, 0.5) is 41.2 Å². The molecular formula is C27H28F7N3O5. The van der Waals surface area contributed by atoms with Gasteiger partial charge >= 0.3 is 24.4 Å². The molecule has 1 aliphatic heterocycles. The maximum Gasteiger partial charge on any atom is 0.493 e. The summed E-state index contributed by atoms with van der Waals surface area (Å²) in [6.45, 7) is 0.615. The van der Waals surface area contributed by atoms with Crippen molar-refractivity contribution in [2.75, 3.05) is 33.1 Å². The number of likely N-dealkylation sites (N-methyl/N-ethyl adjacent to an activating group) is 1. The molecule has 0 bridgehead atoms. The van der Waals surface area contributed by atoms with Gasteiger partial charge in [0, 0.05) is 17.1 Å². The minimum Gasteiger partial charge on any atom is -0.493 e. The largest absolute Gasteiger partial charge is 0.493 e. The molecule has 3 atom stereocenters. The van der Waals surface area contributed by atoms with Crippen molar-refractivity contribution in [3.05, 3.63) is 53.3 Å². The topological polar surface area (TPSA) is 80.3 Å². The van der Waals surface area contributed by atoms with Crippen LogP contribution in [0.25, 0.3) is 0 Å². The fraction of sp³-hybridized carbons (Fsp3) is 0.481. The first kappa shape index (κ1) is 31.2. The number of likely N-dealkylation sites (tertiary alicyclic amines) is 1. The predicted molar refractivity (Wildman–Crippen MR) is 134 cm³/mol. The molecule has 8 nitrogen and oxygen atoms in total. The normalized spacial score (nSPS) is 22.7.